The maximum absolute atomic E-state index is 12.1. The minimum absolute atomic E-state index is 0.129. The number of carbonyl (C=O) groups excluding carboxylic acids is 2. The Labute approximate surface area is 113 Å². The lowest BCUT2D eigenvalue weighted by atomic mass is 9.96. The Hall–Kier alpha value is -1.10. The monoisotopic (exact) mass is 266 g/mol. The topological polar surface area (TPSA) is 49.9 Å². The summed E-state index contributed by atoms with van der Waals surface area (Å²) in [6.45, 7) is 0.555. The fraction of sp³-hybridized carbons (Fsp3) is 0.857. The summed E-state index contributed by atoms with van der Waals surface area (Å²) in [5.41, 5.74) is 0. The van der Waals surface area contributed by atoms with Crippen LogP contribution in [0.2, 0.25) is 0 Å². The summed E-state index contributed by atoms with van der Waals surface area (Å²) in [6, 6.07) is 1.57. The molecule has 3 atom stereocenters. The highest BCUT2D eigenvalue weighted by Crippen LogP contribution is 2.38. The molecule has 5 heteroatoms. The summed E-state index contributed by atoms with van der Waals surface area (Å²) in [7, 11) is 3.59. The maximum atomic E-state index is 12.1. The molecule has 0 aromatic rings. The molecule has 0 aromatic carbocycles. The molecule has 0 N–H and O–H groups in total. The molecule has 0 saturated carbocycles. The average molecular weight is 266 g/mol. The van der Waals surface area contributed by atoms with Gasteiger partial charge in [0.05, 0.1) is 13.0 Å². The predicted octanol–water partition coefficient (Wildman–Crippen LogP) is 0.633. The molecule has 19 heavy (non-hydrogen) atoms. The lowest BCUT2D eigenvalue weighted by Gasteiger charge is -2.40. The van der Waals surface area contributed by atoms with E-state index in [0.29, 0.717) is 31.1 Å². The largest absolute Gasteiger partial charge is 0.469 e. The van der Waals surface area contributed by atoms with Gasteiger partial charge in [-0.05, 0) is 32.7 Å². The maximum Gasteiger partial charge on any atom is 0.310 e. The molecule has 1 amide bonds. The van der Waals surface area contributed by atoms with Crippen molar-refractivity contribution in [3.63, 3.8) is 0 Å². The highest BCUT2D eigenvalue weighted by atomic mass is 16.5. The number of nitrogens with zero attached hydrogens (tertiary/aromatic N) is 2. The van der Waals surface area contributed by atoms with Gasteiger partial charge in [-0.25, -0.2) is 0 Å². The number of likely N-dealkylation sites (tertiary alicyclic amines) is 1. The Kier molecular flexibility index (Phi) is 3.25. The van der Waals surface area contributed by atoms with Gasteiger partial charge < -0.3 is 14.5 Å². The molecule has 0 aromatic heterocycles. The first kappa shape index (κ1) is 12.9. The fourth-order valence-corrected chi connectivity index (χ4v) is 4.05. The molecule has 3 fully saturated rings. The average Bonchev–Trinajstić information content (AvgIpc) is 2.85. The van der Waals surface area contributed by atoms with Crippen molar-refractivity contribution in [2.75, 3.05) is 20.7 Å². The van der Waals surface area contributed by atoms with Crippen molar-refractivity contribution >= 4 is 11.9 Å². The van der Waals surface area contributed by atoms with Crippen LogP contribution in [0.15, 0.2) is 0 Å². The van der Waals surface area contributed by atoms with Crippen molar-refractivity contribution in [2.24, 2.45) is 5.92 Å². The quantitative estimate of drug-likeness (QED) is 0.688. The number of amides is 1. The van der Waals surface area contributed by atoms with Gasteiger partial charge in [0.25, 0.3) is 0 Å². The zero-order chi connectivity index (χ0) is 13.6. The lowest BCUT2D eigenvalue weighted by Crippen LogP contribution is -2.49. The molecule has 3 aliphatic heterocycles. The molecule has 2 bridgehead atoms. The molecule has 3 unspecified atom stereocenters. The van der Waals surface area contributed by atoms with Gasteiger partial charge in [-0.1, -0.05) is 0 Å². The molecular formula is C14H22N2O3. The van der Waals surface area contributed by atoms with Gasteiger partial charge in [0.2, 0.25) is 5.91 Å². The Morgan fingerprint density at radius 2 is 1.84 bits per heavy atom. The summed E-state index contributed by atoms with van der Waals surface area (Å²) in [6.07, 6.45) is 4.95. The number of hydrogen-bond acceptors (Lipinski definition) is 4. The van der Waals surface area contributed by atoms with E-state index in [-0.39, 0.29) is 17.8 Å². The smallest absolute Gasteiger partial charge is 0.310 e. The van der Waals surface area contributed by atoms with E-state index in [1.54, 1.807) is 0 Å². The SMILES string of the molecule is COC(=O)C1CC(=O)N(C2CC3CCC(C2)N3C)C1. The number of fused-ring (bicyclic) bond motifs is 2. The Morgan fingerprint density at radius 3 is 2.42 bits per heavy atom. The third-order valence-electron chi connectivity index (χ3n) is 5.21. The molecule has 3 heterocycles. The lowest BCUT2D eigenvalue weighted by molar-refractivity contribution is -0.145. The second-order valence-corrected chi connectivity index (χ2v) is 6.15. The Bertz CT molecular complexity index is 384. The van der Waals surface area contributed by atoms with E-state index in [2.05, 4.69) is 11.9 Å². The Morgan fingerprint density at radius 1 is 1.21 bits per heavy atom. The normalized spacial score (nSPS) is 38.8. The fourth-order valence-electron chi connectivity index (χ4n) is 4.05. The molecule has 3 saturated heterocycles. The number of piperidine rings is 1. The van der Waals surface area contributed by atoms with Gasteiger partial charge >= 0.3 is 5.97 Å². The van der Waals surface area contributed by atoms with Crippen LogP contribution < -0.4 is 0 Å². The molecular weight excluding hydrogens is 244 g/mol. The van der Waals surface area contributed by atoms with Gasteiger partial charge in [0, 0.05) is 31.1 Å². The third-order valence-corrected chi connectivity index (χ3v) is 5.21. The van der Waals surface area contributed by atoms with Crippen LogP contribution >= 0.6 is 0 Å². The van der Waals surface area contributed by atoms with Crippen LogP contribution in [0.1, 0.15) is 32.1 Å². The van der Waals surface area contributed by atoms with Crippen LogP contribution in [0.5, 0.6) is 0 Å². The standard InChI is InChI=1S/C14H22N2O3/c1-15-10-3-4-11(15)7-12(6-10)16-8-9(5-13(16)17)14(18)19-2/h9-12H,3-8H2,1-2H3. The summed E-state index contributed by atoms with van der Waals surface area (Å²) in [5, 5.41) is 0. The van der Waals surface area contributed by atoms with Crippen LogP contribution in [0, 0.1) is 5.92 Å². The van der Waals surface area contributed by atoms with Crippen molar-refractivity contribution in [1.29, 1.82) is 0 Å². The van der Waals surface area contributed by atoms with E-state index < -0.39 is 0 Å². The molecule has 0 radical (unpaired) electrons. The molecule has 3 aliphatic rings. The van der Waals surface area contributed by atoms with Gasteiger partial charge in [0.1, 0.15) is 0 Å². The van der Waals surface area contributed by atoms with Crippen LogP contribution in [-0.2, 0) is 14.3 Å². The first-order valence-electron chi connectivity index (χ1n) is 7.19. The van der Waals surface area contributed by atoms with Gasteiger partial charge in [-0.3, -0.25) is 9.59 Å². The van der Waals surface area contributed by atoms with E-state index >= 15 is 0 Å². The van der Waals surface area contributed by atoms with E-state index in [1.807, 2.05) is 4.90 Å². The number of hydrogen-bond donors (Lipinski definition) is 0. The zero-order valence-electron chi connectivity index (χ0n) is 11.7. The van der Waals surface area contributed by atoms with E-state index in [4.69, 9.17) is 4.74 Å². The van der Waals surface area contributed by atoms with Crippen LogP contribution in [0.3, 0.4) is 0 Å². The number of rotatable bonds is 2. The molecule has 5 nitrogen and oxygen atoms in total. The number of methoxy groups -OCH3 is 1. The summed E-state index contributed by atoms with van der Waals surface area (Å²) in [4.78, 5) is 28.1. The van der Waals surface area contributed by atoms with E-state index in [1.165, 1.54) is 20.0 Å². The molecule has 3 rings (SSSR count). The van der Waals surface area contributed by atoms with Gasteiger partial charge in [-0.15, -0.1) is 0 Å². The zero-order valence-corrected chi connectivity index (χ0v) is 11.7. The highest BCUT2D eigenvalue weighted by Gasteiger charge is 2.45. The molecule has 0 spiro atoms. The van der Waals surface area contributed by atoms with Crippen molar-refractivity contribution in [2.45, 2.75) is 50.2 Å². The first-order valence-corrected chi connectivity index (χ1v) is 7.19. The second-order valence-electron chi connectivity index (χ2n) is 6.15. The molecule has 0 aliphatic carbocycles. The van der Waals surface area contributed by atoms with Crippen molar-refractivity contribution < 1.29 is 14.3 Å². The summed E-state index contributed by atoms with van der Waals surface area (Å²) in [5.74, 6) is -0.370. The summed E-state index contributed by atoms with van der Waals surface area (Å²) >= 11 is 0. The third kappa shape index (κ3) is 2.14. The van der Waals surface area contributed by atoms with Gasteiger partial charge in [0.15, 0.2) is 0 Å². The summed E-state index contributed by atoms with van der Waals surface area (Å²) < 4.78 is 4.76. The molecule has 106 valence electrons. The minimum Gasteiger partial charge on any atom is -0.469 e. The second kappa shape index (κ2) is 4.78. The van der Waals surface area contributed by atoms with Crippen LogP contribution in [-0.4, -0.2) is 60.5 Å². The van der Waals surface area contributed by atoms with Crippen molar-refractivity contribution in [3.8, 4) is 0 Å². The minimum atomic E-state index is -0.255. The van der Waals surface area contributed by atoms with Gasteiger partial charge in [-0.2, -0.15) is 0 Å². The Balaban J connectivity index is 1.67. The number of esters is 1. The first-order chi connectivity index (χ1) is 9.10. The van der Waals surface area contributed by atoms with E-state index in [9.17, 15) is 9.59 Å². The predicted molar refractivity (Wildman–Crippen MR) is 69.4 cm³/mol. The van der Waals surface area contributed by atoms with Crippen LogP contribution in [0.25, 0.3) is 0 Å². The number of ether oxygens (including phenoxy) is 1. The number of carbonyl (C=O) groups is 2. The van der Waals surface area contributed by atoms with Crippen molar-refractivity contribution in [3.05, 3.63) is 0 Å². The van der Waals surface area contributed by atoms with Crippen molar-refractivity contribution in [1.82, 2.24) is 9.80 Å². The van der Waals surface area contributed by atoms with Crippen LogP contribution in [0.4, 0.5) is 0 Å². The highest BCUT2D eigenvalue weighted by molar-refractivity contribution is 5.87. The van der Waals surface area contributed by atoms with E-state index in [0.717, 1.165) is 12.8 Å².